The number of methoxy groups -OCH3 is 1. The smallest absolute Gasteiger partial charge is 0.343 e. The molecule has 9 heteroatoms. The van der Waals surface area contributed by atoms with E-state index in [1.165, 1.54) is 28.6 Å². The predicted molar refractivity (Wildman–Crippen MR) is 247 cm³/mol. The average Bonchev–Trinajstić information content (AvgIpc) is 3.39. The lowest BCUT2D eigenvalue weighted by atomic mass is 9.68. The fourth-order valence-corrected chi connectivity index (χ4v) is 15.1. The first-order chi connectivity index (χ1) is 28.9. The van der Waals surface area contributed by atoms with Crippen LogP contribution in [0.2, 0.25) is 10.1 Å². The molecule has 1 aliphatic heterocycles. The van der Waals surface area contributed by atoms with Gasteiger partial charge in [0.05, 0.1) is 25.5 Å². The van der Waals surface area contributed by atoms with E-state index in [4.69, 9.17) is 25.5 Å². The molecule has 0 radical (unpaired) electrons. The summed E-state index contributed by atoms with van der Waals surface area (Å²) < 4.78 is 19.8. The molecule has 2 N–H and O–H groups in total. The standard InChI is InChI=1S/C51H63ClN2O5Si/c1-7-9-16-30-53-34-51(56,48(55)57-6)39-24-28-47-45(32-39)54(35-50(36-58-47)29-17-18-37-31-40(52)25-27-44(37)50)33-38-23-26-43(38)46(8-2)59-60(49(3,4)5,41-19-12-10-13-20-41)42-21-14-11-15-22-42/h7-8,10-15,19-22,24-25,27-28,31-32,38,43,46,53,56H,1-2,9,16-18,23,26,29-30,33-36H2,3-6H3/t38-,43+,46-,50-,51?/m0/s1. The van der Waals surface area contributed by atoms with Crippen LogP contribution in [0.25, 0.3) is 0 Å². The van der Waals surface area contributed by atoms with Crippen molar-refractivity contribution in [3.63, 3.8) is 0 Å². The Hall–Kier alpha value is -4.18. The van der Waals surface area contributed by atoms with Gasteiger partial charge in [-0.3, -0.25) is 0 Å². The summed E-state index contributed by atoms with van der Waals surface area (Å²) in [5.41, 5.74) is 1.71. The zero-order valence-electron chi connectivity index (χ0n) is 35.9. The van der Waals surface area contributed by atoms with Gasteiger partial charge in [0.15, 0.2) is 5.60 Å². The van der Waals surface area contributed by atoms with E-state index < -0.39 is 19.9 Å². The molecule has 7 rings (SSSR count). The molecule has 1 spiro atoms. The normalized spacial score (nSPS) is 21.6. The molecule has 0 aromatic heterocycles. The van der Waals surface area contributed by atoms with Gasteiger partial charge in [0.2, 0.25) is 0 Å². The molecule has 5 atom stereocenters. The van der Waals surface area contributed by atoms with Crippen LogP contribution in [0.4, 0.5) is 5.69 Å². The lowest BCUT2D eigenvalue weighted by Crippen LogP contribution is -2.68. The number of rotatable bonds is 16. The van der Waals surface area contributed by atoms with Gasteiger partial charge in [-0.05, 0) is 120 Å². The third-order valence-electron chi connectivity index (χ3n) is 13.5. The van der Waals surface area contributed by atoms with Crippen LogP contribution in [-0.2, 0) is 31.4 Å². The van der Waals surface area contributed by atoms with Gasteiger partial charge in [-0.2, -0.15) is 0 Å². The minimum atomic E-state index is -2.86. The predicted octanol–water partition coefficient (Wildman–Crippen LogP) is 8.89. The first kappa shape index (κ1) is 43.9. The van der Waals surface area contributed by atoms with Crippen molar-refractivity contribution in [1.29, 1.82) is 0 Å². The molecule has 1 unspecified atom stereocenters. The zero-order chi connectivity index (χ0) is 42.5. The minimum Gasteiger partial charge on any atom is -0.490 e. The maximum atomic E-state index is 13.4. The van der Waals surface area contributed by atoms with Gasteiger partial charge in [-0.15, -0.1) is 13.2 Å². The average molecular weight is 848 g/mol. The number of hydrogen-bond donors (Lipinski definition) is 2. The Morgan fingerprint density at radius 1 is 1.03 bits per heavy atom. The molecule has 4 aromatic rings. The molecular weight excluding hydrogens is 784 g/mol. The molecule has 0 amide bonds. The van der Waals surface area contributed by atoms with Crippen molar-refractivity contribution in [2.75, 3.05) is 44.8 Å². The Morgan fingerprint density at radius 2 is 1.75 bits per heavy atom. The molecule has 2 aliphatic carbocycles. The molecule has 1 fully saturated rings. The van der Waals surface area contributed by atoms with Crippen molar-refractivity contribution in [2.45, 2.75) is 87.9 Å². The van der Waals surface area contributed by atoms with E-state index in [9.17, 15) is 9.90 Å². The number of carbonyl (C=O) groups excluding carboxylic acids is 1. The van der Waals surface area contributed by atoms with Crippen molar-refractivity contribution in [3.8, 4) is 5.75 Å². The topological polar surface area (TPSA) is 80.3 Å². The monoisotopic (exact) mass is 846 g/mol. The number of allylic oxidation sites excluding steroid dienone is 1. The number of nitrogens with zero attached hydrogens (tertiary/aromatic N) is 1. The number of nitrogens with one attached hydrogen (secondary N) is 1. The highest BCUT2D eigenvalue weighted by atomic mass is 35.5. The van der Waals surface area contributed by atoms with Crippen molar-refractivity contribution >= 4 is 41.9 Å². The molecule has 0 saturated heterocycles. The van der Waals surface area contributed by atoms with Gasteiger partial charge in [0.1, 0.15) is 5.75 Å². The Kier molecular flexibility index (Phi) is 13.5. The van der Waals surface area contributed by atoms with E-state index in [-0.39, 0.29) is 34.9 Å². The first-order valence-corrected chi connectivity index (χ1v) is 24.0. The first-order valence-electron chi connectivity index (χ1n) is 21.7. The second kappa shape index (κ2) is 18.4. The Morgan fingerprint density at radius 3 is 2.37 bits per heavy atom. The van der Waals surface area contributed by atoms with Gasteiger partial charge >= 0.3 is 5.97 Å². The summed E-state index contributed by atoms with van der Waals surface area (Å²) >= 11 is 6.57. The lowest BCUT2D eigenvalue weighted by molar-refractivity contribution is -0.163. The van der Waals surface area contributed by atoms with Crippen molar-refractivity contribution in [2.24, 2.45) is 11.8 Å². The van der Waals surface area contributed by atoms with Gasteiger partial charge < -0.3 is 29.2 Å². The molecule has 1 heterocycles. The van der Waals surface area contributed by atoms with Crippen LogP contribution >= 0.6 is 11.6 Å². The van der Waals surface area contributed by atoms with Crippen LogP contribution in [0.1, 0.15) is 76.0 Å². The van der Waals surface area contributed by atoms with Crippen molar-refractivity contribution < 1.29 is 23.8 Å². The molecule has 318 valence electrons. The molecule has 60 heavy (non-hydrogen) atoms. The quantitative estimate of drug-likeness (QED) is 0.0505. The fourth-order valence-electron chi connectivity index (χ4n) is 10.2. The van der Waals surface area contributed by atoms with E-state index in [1.54, 1.807) is 0 Å². The van der Waals surface area contributed by atoms with Gasteiger partial charge in [-0.1, -0.05) is 117 Å². The van der Waals surface area contributed by atoms with E-state index in [0.717, 1.165) is 68.0 Å². The number of ether oxygens (including phenoxy) is 2. The summed E-state index contributed by atoms with van der Waals surface area (Å²) in [4.78, 5) is 15.9. The molecule has 3 aliphatic rings. The maximum Gasteiger partial charge on any atom is 0.343 e. The number of aliphatic hydroxyl groups is 1. The molecule has 0 bridgehead atoms. The number of halogens is 1. The fraction of sp³-hybridized carbons (Fsp3) is 0.431. The van der Waals surface area contributed by atoms with E-state index in [0.29, 0.717) is 25.3 Å². The number of aryl methyl sites for hydroxylation is 1. The van der Waals surface area contributed by atoms with Crippen LogP contribution in [0.15, 0.2) is 122 Å². The summed E-state index contributed by atoms with van der Waals surface area (Å²) in [7, 11) is -1.54. The molecule has 1 saturated carbocycles. The van der Waals surface area contributed by atoms with Crippen LogP contribution in [0.5, 0.6) is 5.75 Å². The lowest BCUT2D eigenvalue weighted by Gasteiger charge is -2.50. The van der Waals surface area contributed by atoms with E-state index in [2.05, 4.69) is 123 Å². The Bertz CT molecular complexity index is 2090. The van der Waals surface area contributed by atoms with Gasteiger partial charge in [0, 0.05) is 30.1 Å². The zero-order valence-corrected chi connectivity index (χ0v) is 37.7. The highest BCUT2D eigenvalue weighted by Gasteiger charge is 2.53. The van der Waals surface area contributed by atoms with Crippen LogP contribution < -0.4 is 25.3 Å². The number of hydrogen-bond acceptors (Lipinski definition) is 7. The van der Waals surface area contributed by atoms with E-state index in [1.807, 2.05) is 30.3 Å². The Labute approximate surface area is 363 Å². The van der Waals surface area contributed by atoms with Crippen LogP contribution in [0.3, 0.4) is 0 Å². The molecule has 4 aromatic carbocycles. The summed E-state index contributed by atoms with van der Waals surface area (Å²) in [5, 5.41) is 18.5. The van der Waals surface area contributed by atoms with Gasteiger partial charge in [0.25, 0.3) is 8.32 Å². The SMILES string of the molecule is C=CCCCNCC(O)(C(=O)OC)c1ccc2c(c1)N(C[C@@H]1CC[C@H]1[C@H](C=C)O[Si](c1ccccc1)(c1ccccc1)C(C)(C)C)C[C@@]1(CCCc3cc(Cl)ccc31)CO2. The number of fused-ring (bicyclic) bond motifs is 3. The van der Waals surface area contributed by atoms with Crippen LogP contribution in [-0.4, -0.2) is 65.4 Å². The summed E-state index contributed by atoms with van der Waals surface area (Å²) in [5.74, 6) is 0.558. The number of carbonyl (C=O) groups is 1. The third kappa shape index (κ3) is 8.51. The summed E-state index contributed by atoms with van der Waals surface area (Å²) in [6.07, 6.45) is 10.5. The van der Waals surface area contributed by atoms with Crippen molar-refractivity contribution in [3.05, 3.63) is 144 Å². The summed E-state index contributed by atoms with van der Waals surface area (Å²) in [6, 6.07) is 33.7. The molecular formula is C51H63ClN2O5Si. The number of unbranched alkanes of at least 4 members (excludes halogenated alkanes) is 1. The second-order valence-electron chi connectivity index (χ2n) is 18.2. The van der Waals surface area contributed by atoms with Crippen LogP contribution in [0, 0.1) is 11.8 Å². The highest BCUT2D eigenvalue weighted by molar-refractivity contribution is 6.99. The minimum absolute atomic E-state index is 0.0137. The maximum absolute atomic E-state index is 13.4. The Balaban J connectivity index is 1.27. The molecule has 7 nitrogen and oxygen atoms in total. The van der Waals surface area contributed by atoms with Crippen molar-refractivity contribution in [1.82, 2.24) is 5.32 Å². The second-order valence-corrected chi connectivity index (χ2v) is 22.9. The third-order valence-corrected chi connectivity index (χ3v) is 18.8. The number of benzene rings is 4. The van der Waals surface area contributed by atoms with Gasteiger partial charge in [-0.25, -0.2) is 4.79 Å². The number of esters is 1. The largest absolute Gasteiger partial charge is 0.490 e. The van der Waals surface area contributed by atoms with E-state index >= 15 is 0 Å². The number of anilines is 1. The highest BCUT2D eigenvalue weighted by Crippen LogP contribution is 2.49. The summed E-state index contributed by atoms with van der Waals surface area (Å²) in [6.45, 7) is 17.8.